The van der Waals surface area contributed by atoms with Crippen molar-refractivity contribution in [3.05, 3.63) is 98.4 Å². The van der Waals surface area contributed by atoms with Gasteiger partial charge in [-0.3, -0.25) is 15.0 Å². The average molecular weight is 532 g/mol. The van der Waals surface area contributed by atoms with Crippen LogP contribution < -0.4 is 5.32 Å². The highest BCUT2D eigenvalue weighted by Crippen LogP contribution is 2.42. The van der Waals surface area contributed by atoms with Crippen molar-refractivity contribution in [1.29, 1.82) is 0 Å². The number of carbonyl (C=O) groups excluding carboxylic acids is 2. The molecule has 9 heteroatoms. The number of esters is 2. The van der Waals surface area contributed by atoms with Gasteiger partial charge in [-0.25, -0.2) is 9.59 Å². The molecular formula is C30H33N3O6. The summed E-state index contributed by atoms with van der Waals surface area (Å²) < 4.78 is 11.3. The van der Waals surface area contributed by atoms with Crippen LogP contribution in [0.4, 0.5) is 5.69 Å². The molecule has 1 aliphatic carbocycles. The lowest BCUT2D eigenvalue weighted by Gasteiger charge is -2.49. The van der Waals surface area contributed by atoms with E-state index in [1.165, 1.54) is 24.8 Å². The van der Waals surface area contributed by atoms with Crippen LogP contribution >= 0.6 is 0 Å². The summed E-state index contributed by atoms with van der Waals surface area (Å²) in [4.78, 5) is 40.3. The number of methoxy groups -OCH3 is 1. The Hall–Kier alpha value is -3.98. The summed E-state index contributed by atoms with van der Waals surface area (Å²) >= 11 is 0. The Labute approximate surface area is 227 Å². The van der Waals surface area contributed by atoms with E-state index in [0.717, 1.165) is 32.4 Å². The summed E-state index contributed by atoms with van der Waals surface area (Å²) in [7, 11) is 1.27. The van der Waals surface area contributed by atoms with Gasteiger partial charge in [-0.2, -0.15) is 0 Å². The highest BCUT2D eigenvalue weighted by atomic mass is 16.6. The van der Waals surface area contributed by atoms with Gasteiger partial charge in [-0.05, 0) is 50.2 Å². The van der Waals surface area contributed by atoms with Gasteiger partial charge in [-0.15, -0.1) is 0 Å². The molecular weight excluding hydrogens is 498 g/mol. The molecule has 0 spiro atoms. The Balaban J connectivity index is 1.45. The highest BCUT2D eigenvalue weighted by Gasteiger charge is 2.45. The number of rotatable bonds is 7. The molecule has 2 saturated heterocycles. The van der Waals surface area contributed by atoms with E-state index in [0.29, 0.717) is 22.9 Å². The number of benzene rings is 2. The molecule has 0 radical (unpaired) electrons. The first-order chi connectivity index (χ1) is 18.8. The minimum atomic E-state index is -0.868. The summed E-state index contributed by atoms with van der Waals surface area (Å²) in [5, 5.41) is 14.7. The summed E-state index contributed by atoms with van der Waals surface area (Å²) in [6.07, 6.45) is 2.57. The van der Waals surface area contributed by atoms with Crippen LogP contribution in [0.1, 0.15) is 50.2 Å². The third-order valence-electron chi connectivity index (χ3n) is 8.11. The molecule has 6 rings (SSSR count). The summed E-state index contributed by atoms with van der Waals surface area (Å²) in [6, 6.07) is 16.4. The zero-order valence-corrected chi connectivity index (χ0v) is 22.4. The van der Waals surface area contributed by atoms with Crippen molar-refractivity contribution < 1.29 is 24.0 Å². The van der Waals surface area contributed by atoms with Gasteiger partial charge in [0.1, 0.15) is 6.10 Å². The number of piperidine rings is 2. The SMILES string of the molecule is COC(=O)C1=C(C)NC(C)=C(C(=O)OC2CC3CCC2N(Cc2ccccc2)C3)C1c1cccc([N+](=O)[O-])c1. The van der Waals surface area contributed by atoms with Crippen molar-refractivity contribution in [2.45, 2.75) is 57.7 Å². The maximum absolute atomic E-state index is 13.9. The van der Waals surface area contributed by atoms with Crippen molar-refractivity contribution in [3.63, 3.8) is 0 Å². The fraction of sp³-hybridized carbons (Fsp3) is 0.400. The number of carbonyl (C=O) groups is 2. The molecule has 2 aromatic rings. The first-order valence-electron chi connectivity index (χ1n) is 13.3. The third kappa shape index (κ3) is 5.31. The Morgan fingerprint density at radius 3 is 2.41 bits per heavy atom. The lowest BCUT2D eigenvalue weighted by atomic mass is 9.77. The summed E-state index contributed by atoms with van der Waals surface area (Å²) in [5.74, 6) is -1.56. The molecule has 9 nitrogen and oxygen atoms in total. The monoisotopic (exact) mass is 531 g/mol. The van der Waals surface area contributed by atoms with E-state index in [-0.39, 0.29) is 29.0 Å². The second-order valence-electron chi connectivity index (χ2n) is 10.6. The predicted molar refractivity (Wildman–Crippen MR) is 144 cm³/mol. The van der Waals surface area contributed by atoms with Gasteiger partial charge < -0.3 is 14.8 Å². The first-order valence-corrected chi connectivity index (χ1v) is 13.3. The number of nitro groups is 1. The fourth-order valence-corrected chi connectivity index (χ4v) is 6.37. The molecule has 3 aliphatic heterocycles. The number of hydrogen-bond donors (Lipinski definition) is 1. The van der Waals surface area contributed by atoms with Crippen LogP contribution in [0.2, 0.25) is 0 Å². The Morgan fingerprint density at radius 1 is 1.03 bits per heavy atom. The van der Waals surface area contributed by atoms with Gasteiger partial charge in [0.15, 0.2) is 0 Å². The number of ether oxygens (including phenoxy) is 2. The van der Waals surface area contributed by atoms with E-state index in [9.17, 15) is 19.7 Å². The lowest BCUT2D eigenvalue weighted by molar-refractivity contribution is -0.384. The number of allylic oxidation sites excluding steroid dienone is 2. The number of nitro benzene ring substituents is 1. The zero-order chi connectivity index (χ0) is 27.7. The molecule has 2 bridgehead atoms. The summed E-state index contributed by atoms with van der Waals surface area (Å²) in [6.45, 7) is 5.25. The van der Waals surface area contributed by atoms with Crippen molar-refractivity contribution in [1.82, 2.24) is 10.2 Å². The van der Waals surface area contributed by atoms with E-state index >= 15 is 0 Å². The molecule has 4 atom stereocenters. The molecule has 3 heterocycles. The van der Waals surface area contributed by atoms with Gasteiger partial charge >= 0.3 is 11.9 Å². The second-order valence-corrected chi connectivity index (χ2v) is 10.6. The second kappa shape index (κ2) is 11.0. The molecule has 3 fully saturated rings. The van der Waals surface area contributed by atoms with E-state index in [4.69, 9.17) is 9.47 Å². The minimum absolute atomic E-state index is 0.102. The van der Waals surface area contributed by atoms with E-state index in [2.05, 4.69) is 22.3 Å². The van der Waals surface area contributed by atoms with Gasteiger partial charge in [0.25, 0.3) is 5.69 Å². The minimum Gasteiger partial charge on any atom is -0.466 e. The standard InChI is InChI=1S/C30H33N3O6/c1-18-26(29(34)38-3)28(22-10-7-11-23(15-22)33(36)37)27(19(2)31-18)30(35)39-25-14-21-12-13-24(25)32(17-21)16-20-8-5-4-6-9-20/h4-11,15,21,24-25,28,31H,12-14,16-17H2,1-3H3. The number of non-ortho nitro benzene ring substituents is 1. The Bertz CT molecular complexity index is 1350. The van der Waals surface area contributed by atoms with Crippen molar-refractivity contribution in [2.24, 2.45) is 5.92 Å². The third-order valence-corrected chi connectivity index (χ3v) is 8.11. The smallest absolute Gasteiger partial charge is 0.337 e. The van der Waals surface area contributed by atoms with Gasteiger partial charge in [0.2, 0.25) is 0 Å². The van der Waals surface area contributed by atoms with Crippen LogP contribution in [0.5, 0.6) is 0 Å². The highest BCUT2D eigenvalue weighted by molar-refractivity contribution is 6.00. The van der Waals surface area contributed by atoms with Crippen LogP contribution in [0, 0.1) is 16.0 Å². The largest absolute Gasteiger partial charge is 0.466 e. The molecule has 0 amide bonds. The van der Waals surface area contributed by atoms with Crippen LogP contribution in [0.3, 0.4) is 0 Å². The van der Waals surface area contributed by atoms with Crippen LogP contribution in [-0.2, 0) is 25.6 Å². The number of dihydropyridines is 1. The molecule has 4 unspecified atom stereocenters. The molecule has 2 aromatic carbocycles. The predicted octanol–water partition coefficient (Wildman–Crippen LogP) is 4.60. The topological polar surface area (TPSA) is 111 Å². The zero-order valence-electron chi connectivity index (χ0n) is 22.4. The van der Waals surface area contributed by atoms with Gasteiger partial charge in [0, 0.05) is 42.7 Å². The molecule has 204 valence electrons. The normalized spacial score (nSPS) is 24.8. The average Bonchev–Trinajstić information content (AvgIpc) is 2.93. The lowest BCUT2D eigenvalue weighted by Crippen LogP contribution is -2.56. The van der Waals surface area contributed by atoms with Crippen LogP contribution in [0.25, 0.3) is 0 Å². The molecule has 39 heavy (non-hydrogen) atoms. The molecule has 1 saturated carbocycles. The van der Waals surface area contributed by atoms with E-state index in [1.807, 2.05) is 18.2 Å². The Kier molecular flexibility index (Phi) is 7.52. The number of nitrogens with one attached hydrogen (secondary N) is 1. The van der Waals surface area contributed by atoms with Crippen LogP contribution in [0.15, 0.2) is 77.1 Å². The molecule has 1 N–H and O–H groups in total. The quantitative estimate of drug-likeness (QED) is 0.314. The van der Waals surface area contributed by atoms with Crippen molar-refractivity contribution in [3.8, 4) is 0 Å². The van der Waals surface area contributed by atoms with Gasteiger partial charge in [-0.1, -0.05) is 42.5 Å². The fourth-order valence-electron chi connectivity index (χ4n) is 6.37. The number of hydrogen-bond acceptors (Lipinski definition) is 8. The summed E-state index contributed by atoms with van der Waals surface area (Å²) in [5.41, 5.74) is 3.11. The maximum Gasteiger partial charge on any atom is 0.337 e. The number of nitrogens with zero attached hydrogens (tertiary/aromatic N) is 2. The first kappa shape index (κ1) is 26.6. The number of fused-ring (bicyclic) bond motifs is 3. The molecule has 0 aromatic heterocycles. The maximum atomic E-state index is 13.9. The van der Waals surface area contributed by atoms with E-state index in [1.54, 1.807) is 26.0 Å². The Morgan fingerprint density at radius 2 is 1.74 bits per heavy atom. The van der Waals surface area contributed by atoms with Crippen molar-refractivity contribution in [2.75, 3.05) is 13.7 Å². The van der Waals surface area contributed by atoms with Crippen LogP contribution in [-0.4, -0.2) is 47.6 Å². The van der Waals surface area contributed by atoms with Crippen molar-refractivity contribution >= 4 is 17.6 Å². The molecule has 4 aliphatic rings. The van der Waals surface area contributed by atoms with E-state index < -0.39 is 22.8 Å². The van der Waals surface area contributed by atoms with Gasteiger partial charge in [0.05, 0.1) is 29.1 Å².